The van der Waals surface area contributed by atoms with Crippen LogP contribution in [0.4, 0.5) is 5.95 Å². The van der Waals surface area contributed by atoms with Crippen LogP contribution < -0.4 is 16.2 Å². The summed E-state index contributed by atoms with van der Waals surface area (Å²) >= 11 is 0. The molecule has 3 heterocycles. The number of H-pyrrole nitrogens is 1. The number of fused-ring (bicyclic) bond motifs is 1. The van der Waals surface area contributed by atoms with E-state index < -0.39 is 30.0 Å². The van der Waals surface area contributed by atoms with Gasteiger partial charge < -0.3 is 16.0 Å². The molecule has 0 unspecified atom stereocenters. The number of hydrogen-bond acceptors (Lipinski definition) is 10. The first-order valence-corrected chi connectivity index (χ1v) is 13.1. The van der Waals surface area contributed by atoms with Crippen molar-refractivity contribution in [3.05, 3.63) is 35.9 Å². The van der Waals surface area contributed by atoms with Gasteiger partial charge in [0, 0.05) is 12.1 Å². The van der Waals surface area contributed by atoms with E-state index in [0.717, 1.165) is 0 Å². The van der Waals surface area contributed by atoms with E-state index in [-0.39, 0.29) is 35.5 Å². The van der Waals surface area contributed by atoms with E-state index in [1.165, 1.54) is 12.1 Å². The fraction of sp³-hybridized carbons (Fsp3) is 0.263. The van der Waals surface area contributed by atoms with Crippen molar-refractivity contribution in [3.63, 3.8) is 0 Å². The number of aromatic nitrogens is 2. The van der Waals surface area contributed by atoms with Crippen LogP contribution in [0.1, 0.15) is 12.0 Å². The van der Waals surface area contributed by atoms with Crippen molar-refractivity contribution in [3.8, 4) is 11.1 Å². The maximum atomic E-state index is 13.4. The van der Waals surface area contributed by atoms with Gasteiger partial charge in [0.05, 0.1) is 26.7 Å². The predicted molar refractivity (Wildman–Crippen MR) is 122 cm³/mol. The molecule has 33 heavy (non-hydrogen) atoms. The second-order valence-corrected chi connectivity index (χ2v) is 11.4. The van der Waals surface area contributed by atoms with Crippen LogP contribution in [0.2, 0.25) is 0 Å². The summed E-state index contributed by atoms with van der Waals surface area (Å²) in [6.45, 7) is 0.723. The van der Waals surface area contributed by atoms with Gasteiger partial charge in [0.25, 0.3) is 0 Å². The summed E-state index contributed by atoms with van der Waals surface area (Å²) in [6, 6.07) is 8.02. The monoisotopic (exact) mass is 488 g/mol. The number of primary sulfonamides is 1. The number of nitrogens with one attached hydrogen (secondary N) is 2. The summed E-state index contributed by atoms with van der Waals surface area (Å²) in [5, 5.41) is 15.6. The molecule has 0 radical (unpaired) electrons. The van der Waals surface area contributed by atoms with Crippen molar-refractivity contribution in [2.45, 2.75) is 21.5 Å². The molecule has 1 fully saturated rings. The second kappa shape index (κ2) is 7.69. The van der Waals surface area contributed by atoms with Crippen LogP contribution in [-0.4, -0.2) is 57.6 Å². The van der Waals surface area contributed by atoms with Crippen molar-refractivity contribution in [1.29, 1.82) is 0 Å². The van der Waals surface area contributed by atoms with E-state index in [0.29, 0.717) is 35.1 Å². The summed E-state index contributed by atoms with van der Waals surface area (Å²) in [6.07, 6.45) is 0.357. The van der Waals surface area contributed by atoms with Crippen LogP contribution in [0, 0.1) is 0 Å². The predicted octanol–water partition coefficient (Wildman–Crippen LogP) is 0.765. The minimum Gasteiger partial charge on any atom is -0.369 e. The lowest BCUT2D eigenvalue weighted by Crippen LogP contribution is -2.28. The molecule has 0 amide bonds. The molecule has 0 aliphatic carbocycles. The van der Waals surface area contributed by atoms with E-state index >= 15 is 0 Å². The number of sulfone groups is 1. The highest BCUT2D eigenvalue weighted by Gasteiger charge is 2.37. The summed E-state index contributed by atoms with van der Waals surface area (Å²) < 4.78 is 52.6. The molecule has 172 valence electrons. The molecule has 1 atom stereocenters. The van der Waals surface area contributed by atoms with Gasteiger partial charge in [0.1, 0.15) is 4.90 Å². The molecule has 0 spiro atoms. The zero-order valence-corrected chi connectivity index (χ0v) is 18.8. The van der Waals surface area contributed by atoms with Crippen LogP contribution in [0.3, 0.4) is 0 Å². The van der Waals surface area contributed by atoms with Crippen LogP contribution in [0.5, 0.6) is 0 Å². The molecule has 1 saturated heterocycles. The van der Waals surface area contributed by atoms with Gasteiger partial charge >= 0.3 is 0 Å². The number of nitrogens with two attached hydrogens (primary N) is 2. The number of nitrogen functional groups attached to an aromatic ring is 1. The third-order valence-corrected chi connectivity index (χ3v) is 9.02. The number of benzene rings is 2. The van der Waals surface area contributed by atoms with Crippen molar-refractivity contribution in [2.75, 3.05) is 25.5 Å². The first-order valence-electron chi connectivity index (χ1n) is 9.99. The molecular weight excluding hydrogens is 468 g/mol. The molecule has 0 saturated carbocycles. The average molecular weight is 489 g/mol. The maximum absolute atomic E-state index is 13.4. The smallest absolute Gasteiger partial charge is 0.240 e. The minimum absolute atomic E-state index is 0.0120. The first-order chi connectivity index (χ1) is 15.7. The molecule has 2 aliphatic rings. The number of nitrogens with zero attached hydrogens (tertiary/aromatic N) is 4. The van der Waals surface area contributed by atoms with E-state index in [1.807, 2.05) is 0 Å². The number of anilines is 1. The molecule has 14 heteroatoms. The molecule has 0 bridgehead atoms. The molecule has 6 N–H and O–H groups in total. The Hall–Kier alpha value is -3.20. The lowest BCUT2D eigenvalue weighted by atomic mass is 9.97. The number of azo groups is 1. The third-order valence-electron chi connectivity index (χ3n) is 5.66. The Morgan fingerprint density at radius 1 is 1.06 bits per heavy atom. The van der Waals surface area contributed by atoms with Crippen molar-refractivity contribution in [1.82, 2.24) is 15.3 Å². The Bertz CT molecular complexity index is 1550. The molecule has 1 aromatic heterocycles. The number of amidine groups is 1. The molecule has 2 aliphatic heterocycles. The maximum Gasteiger partial charge on any atom is 0.240 e. The average Bonchev–Trinajstić information content (AvgIpc) is 3.52. The number of sulfonamides is 1. The Morgan fingerprint density at radius 2 is 1.88 bits per heavy atom. The van der Waals surface area contributed by atoms with Gasteiger partial charge in [-0.1, -0.05) is 18.2 Å². The molecular formula is C19H20N8O4S2. The molecule has 2 aromatic carbocycles. The molecule has 3 aromatic rings. The van der Waals surface area contributed by atoms with Crippen LogP contribution in [-0.2, 0) is 19.9 Å². The second-order valence-electron chi connectivity index (χ2n) is 7.71. The molecule has 5 rings (SSSR count). The lowest BCUT2D eigenvalue weighted by Gasteiger charge is -2.19. The third kappa shape index (κ3) is 3.60. The highest BCUT2D eigenvalue weighted by atomic mass is 32.2. The highest BCUT2D eigenvalue weighted by molar-refractivity contribution is 7.94. The van der Waals surface area contributed by atoms with Crippen LogP contribution in [0.15, 0.2) is 55.3 Å². The van der Waals surface area contributed by atoms with Crippen molar-refractivity contribution < 1.29 is 16.8 Å². The topological polar surface area (TPSA) is 198 Å². The van der Waals surface area contributed by atoms with Gasteiger partial charge in [0.2, 0.25) is 10.0 Å². The van der Waals surface area contributed by atoms with Crippen molar-refractivity contribution in [2.24, 2.45) is 20.4 Å². The lowest BCUT2D eigenvalue weighted by molar-refractivity contribution is 0.574. The van der Waals surface area contributed by atoms with Crippen LogP contribution >= 0.6 is 0 Å². The number of aromatic amines is 1. The van der Waals surface area contributed by atoms with Gasteiger partial charge in [-0.3, -0.25) is 0 Å². The van der Waals surface area contributed by atoms with Crippen molar-refractivity contribution >= 4 is 42.7 Å². The number of hydrogen-bond donors (Lipinski definition) is 4. The Labute approximate surface area is 189 Å². The summed E-state index contributed by atoms with van der Waals surface area (Å²) in [5.74, 6) is 0.160. The Morgan fingerprint density at radius 3 is 2.55 bits per heavy atom. The van der Waals surface area contributed by atoms with Crippen LogP contribution in [0.25, 0.3) is 22.2 Å². The number of aliphatic imine (C=N–C) groups is 1. The van der Waals surface area contributed by atoms with Gasteiger partial charge in [0.15, 0.2) is 28.3 Å². The van der Waals surface area contributed by atoms with E-state index in [4.69, 9.17) is 10.9 Å². The standard InChI is InChI=1S/C19H20N8O4S2/c20-19-25-13-3-1-2-12(16(13)26-19)11-4-5-14(32(28,29)10-6-7-22-8-10)17(33(21,30)31)15(11)18-23-9-24-27-18/h1-5,10,22H,6-9H2,(H3,20,25,26)(H2,21,30,31)/t10-/m0/s1. The fourth-order valence-electron chi connectivity index (χ4n) is 4.22. The zero-order valence-electron chi connectivity index (χ0n) is 17.2. The number of para-hydroxylation sites is 1. The van der Waals surface area contributed by atoms with Gasteiger partial charge in [-0.15, -0.1) is 5.11 Å². The van der Waals surface area contributed by atoms with Gasteiger partial charge in [-0.25, -0.2) is 32.0 Å². The fourth-order valence-corrected chi connectivity index (χ4v) is 7.49. The van der Waals surface area contributed by atoms with E-state index in [2.05, 4.69) is 30.5 Å². The highest BCUT2D eigenvalue weighted by Crippen LogP contribution is 2.38. The normalized spacial score (nSPS) is 18.8. The molecule has 12 nitrogen and oxygen atoms in total. The SMILES string of the molecule is Nc1nc2c(-c3ccc(S(=O)(=O)[C@H]4CCNC4)c(S(N)(=O)=O)c3C3=NCN=N3)cccc2[nH]1. The minimum atomic E-state index is -4.53. The van der Waals surface area contributed by atoms with E-state index in [9.17, 15) is 16.8 Å². The quantitative estimate of drug-likeness (QED) is 0.406. The number of rotatable bonds is 5. The first kappa shape index (κ1) is 21.6. The summed E-state index contributed by atoms with van der Waals surface area (Å²) in [4.78, 5) is 10.5. The summed E-state index contributed by atoms with van der Waals surface area (Å²) in [7, 11) is -8.56. The largest absolute Gasteiger partial charge is 0.369 e. The Balaban J connectivity index is 1.88. The summed E-state index contributed by atoms with van der Waals surface area (Å²) in [5.41, 5.74) is 7.75. The zero-order chi connectivity index (χ0) is 23.4. The van der Waals surface area contributed by atoms with Gasteiger partial charge in [-0.05, 0) is 30.7 Å². The van der Waals surface area contributed by atoms with Gasteiger partial charge in [-0.2, -0.15) is 5.11 Å². The Kier molecular flexibility index (Phi) is 5.04. The van der Waals surface area contributed by atoms with E-state index in [1.54, 1.807) is 18.2 Å². The number of imidazole rings is 1.